The number of nitrogens with zero attached hydrogens (tertiary/aromatic N) is 1. The summed E-state index contributed by atoms with van der Waals surface area (Å²) in [4.78, 5) is 4.50. The summed E-state index contributed by atoms with van der Waals surface area (Å²) in [6, 6.07) is 11.7. The minimum atomic E-state index is 0.694. The molecular weight excluding hydrogens is 258 g/mol. The van der Waals surface area contributed by atoms with Gasteiger partial charge in [-0.25, -0.2) is 4.98 Å². The van der Waals surface area contributed by atoms with Gasteiger partial charge in [0.25, 0.3) is 0 Å². The fraction of sp³-hybridized carbons (Fsp3) is 0.267. The van der Waals surface area contributed by atoms with Crippen LogP contribution in [0.1, 0.15) is 18.9 Å². The van der Waals surface area contributed by atoms with E-state index in [1.54, 1.807) is 0 Å². The van der Waals surface area contributed by atoms with Crippen LogP contribution in [0.3, 0.4) is 0 Å². The summed E-state index contributed by atoms with van der Waals surface area (Å²) >= 11 is 6.16. The number of aryl methyl sites for hydroxylation is 1. The van der Waals surface area contributed by atoms with E-state index in [1.807, 2.05) is 43.3 Å². The number of rotatable bonds is 5. The van der Waals surface area contributed by atoms with Gasteiger partial charge >= 0.3 is 0 Å². The number of hydrogen-bond donors (Lipinski definition) is 2. The summed E-state index contributed by atoms with van der Waals surface area (Å²) < 4.78 is 0. The van der Waals surface area contributed by atoms with Gasteiger partial charge in [0.05, 0.1) is 10.7 Å². The lowest BCUT2D eigenvalue weighted by Gasteiger charge is -2.10. The van der Waals surface area contributed by atoms with E-state index in [0.29, 0.717) is 5.02 Å². The molecule has 0 saturated heterocycles. The molecule has 4 heteroatoms. The molecule has 2 rings (SSSR count). The van der Waals surface area contributed by atoms with Crippen LogP contribution in [0.5, 0.6) is 0 Å². The number of pyridine rings is 1. The first-order valence-corrected chi connectivity index (χ1v) is 6.81. The quantitative estimate of drug-likeness (QED) is 0.837. The van der Waals surface area contributed by atoms with Crippen molar-refractivity contribution in [3.63, 3.8) is 0 Å². The molecule has 0 atom stereocenters. The Morgan fingerprint density at radius 1 is 1.16 bits per heavy atom. The van der Waals surface area contributed by atoms with Gasteiger partial charge in [-0.05, 0) is 43.2 Å². The molecule has 2 aromatic rings. The summed E-state index contributed by atoms with van der Waals surface area (Å²) in [6.07, 6.45) is 1.07. The van der Waals surface area contributed by atoms with Gasteiger partial charge in [-0.3, -0.25) is 0 Å². The van der Waals surface area contributed by atoms with Crippen LogP contribution in [0, 0.1) is 6.92 Å². The number of aromatic nitrogens is 1. The first-order chi connectivity index (χ1) is 9.19. The Kier molecular flexibility index (Phi) is 4.63. The highest BCUT2D eigenvalue weighted by atomic mass is 35.5. The van der Waals surface area contributed by atoms with E-state index in [2.05, 4.69) is 22.5 Å². The second kappa shape index (κ2) is 6.43. The molecule has 1 heterocycles. The number of anilines is 3. The second-order valence-electron chi connectivity index (χ2n) is 4.44. The predicted octanol–water partition coefficient (Wildman–Crippen LogP) is 4.61. The Morgan fingerprint density at radius 3 is 2.74 bits per heavy atom. The summed E-state index contributed by atoms with van der Waals surface area (Å²) in [5.74, 6) is 1.66. The SMILES string of the molecule is CCCNc1cccc(Nc2cc(C)ccc2Cl)n1. The Hall–Kier alpha value is -1.74. The molecule has 19 heavy (non-hydrogen) atoms. The van der Waals surface area contributed by atoms with Crippen molar-refractivity contribution in [2.24, 2.45) is 0 Å². The standard InChI is InChI=1S/C15H18ClN3/c1-3-9-17-14-5-4-6-15(19-14)18-13-10-11(2)7-8-12(13)16/h4-8,10H,3,9H2,1-2H3,(H2,17,18,19). The average Bonchev–Trinajstić information content (AvgIpc) is 2.41. The third-order valence-corrected chi connectivity index (χ3v) is 3.02. The van der Waals surface area contributed by atoms with Crippen molar-refractivity contribution in [2.45, 2.75) is 20.3 Å². The summed E-state index contributed by atoms with van der Waals surface area (Å²) in [7, 11) is 0. The van der Waals surface area contributed by atoms with Crippen molar-refractivity contribution in [1.29, 1.82) is 0 Å². The molecule has 0 bridgehead atoms. The van der Waals surface area contributed by atoms with E-state index in [0.717, 1.165) is 35.9 Å². The van der Waals surface area contributed by atoms with Crippen LogP contribution in [0.25, 0.3) is 0 Å². The van der Waals surface area contributed by atoms with Gasteiger partial charge in [-0.1, -0.05) is 30.7 Å². The summed E-state index contributed by atoms with van der Waals surface area (Å²) in [5.41, 5.74) is 2.04. The normalized spacial score (nSPS) is 10.3. The van der Waals surface area contributed by atoms with Crippen molar-refractivity contribution in [3.05, 3.63) is 47.0 Å². The molecule has 0 spiro atoms. The van der Waals surface area contributed by atoms with Crippen LogP contribution in [0.15, 0.2) is 36.4 Å². The number of hydrogen-bond acceptors (Lipinski definition) is 3. The zero-order valence-electron chi connectivity index (χ0n) is 11.2. The van der Waals surface area contributed by atoms with Crippen molar-refractivity contribution in [2.75, 3.05) is 17.2 Å². The van der Waals surface area contributed by atoms with Crippen LogP contribution in [-0.4, -0.2) is 11.5 Å². The molecule has 0 unspecified atom stereocenters. The molecule has 1 aromatic carbocycles. The van der Waals surface area contributed by atoms with Gasteiger partial charge in [-0.15, -0.1) is 0 Å². The zero-order chi connectivity index (χ0) is 13.7. The predicted molar refractivity (Wildman–Crippen MR) is 82.5 cm³/mol. The topological polar surface area (TPSA) is 37.0 Å². The highest BCUT2D eigenvalue weighted by Crippen LogP contribution is 2.26. The van der Waals surface area contributed by atoms with Crippen molar-refractivity contribution in [1.82, 2.24) is 4.98 Å². The maximum Gasteiger partial charge on any atom is 0.132 e. The smallest absolute Gasteiger partial charge is 0.132 e. The van der Waals surface area contributed by atoms with Crippen molar-refractivity contribution in [3.8, 4) is 0 Å². The molecule has 0 radical (unpaired) electrons. The van der Waals surface area contributed by atoms with Crippen LogP contribution in [0.2, 0.25) is 5.02 Å². The molecular formula is C15H18ClN3. The molecule has 0 amide bonds. The third-order valence-electron chi connectivity index (χ3n) is 2.69. The lowest BCUT2D eigenvalue weighted by atomic mass is 10.2. The van der Waals surface area contributed by atoms with Gasteiger partial charge in [0.1, 0.15) is 11.6 Å². The molecule has 0 aliphatic carbocycles. The molecule has 0 aliphatic heterocycles. The first kappa shape index (κ1) is 13.7. The minimum Gasteiger partial charge on any atom is -0.370 e. The number of benzene rings is 1. The van der Waals surface area contributed by atoms with Gasteiger partial charge in [0.2, 0.25) is 0 Å². The summed E-state index contributed by atoms with van der Waals surface area (Å²) in [5, 5.41) is 7.20. The fourth-order valence-electron chi connectivity index (χ4n) is 1.73. The molecule has 1 aromatic heterocycles. The Balaban J connectivity index is 2.16. The second-order valence-corrected chi connectivity index (χ2v) is 4.85. The van der Waals surface area contributed by atoms with Crippen molar-refractivity contribution < 1.29 is 0 Å². The molecule has 3 nitrogen and oxygen atoms in total. The molecule has 100 valence electrons. The maximum atomic E-state index is 6.16. The number of nitrogens with one attached hydrogen (secondary N) is 2. The van der Waals surface area contributed by atoms with E-state index < -0.39 is 0 Å². The lowest BCUT2D eigenvalue weighted by molar-refractivity contribution is 0.970. The lowest BCUT2D eigenvalue weighted by Crippen LogP contribution is -2.03. The van der Waals surface area contributed by atoms with Crippen LogP contribution < -0.4 is 10.6 Å². The largest absolute Gasteiger partial charge is 0.370 e. The van der Waals surface area contributed by atoms with E-state index in [1.165, 1.54) is 0 Å². The Labute approximate surface area is 119 Å². The van der Waals surface area contributed by atoms with Crippen LogP contribution in [0.4, 0.5) is 17.3 Å². The molecule has 2 N–H and O–H groups in total. The Bertz CT molecular complexity index is 555. The van der Waals surface area contributed by atoms with Crippen LogP contribution in [-0.2, 0) is 0 Å². The van der Waals surface area contributed by atoms with Crippen molar-refractivity contribution >= 4 is 28.9 Å². The maximum absolute atomic E-state index is 6.16. The van der Waals surface area contributed by atoms with E-state index in [9.17, 15) is 0 Å². The highest BCUT2D eigenvalue weighted by molar-refractivity contribution is 6.33. The molecule has 0 aliphatic rings. The molecule has 0 fully saturated rings. The van der Waals surface area contributed by atoms with Crippen LogP contribution >= 0.6 is 11.6 Å². The van der Waals surface area contributed by atoms with E-state index >= 15 is 0 Å². The van der Waals surface area contributed by atoms with Gasteiger partial charge in [0.15, 0.2) is 0 Å². The van der Waals surface area contributed by atoms with E-state index in [-0.39, 0.29) is 0 Å². The molecule has 0 saturated carbocycles. The van der Waals surface area contributed by atoms with Gasteiger partial charge in [0, 0.05) is 6.54 Å². The highest BCUT2D eigenvalue weighted by Gasteiger charge is 2.02. The Morgan fingerprint density at radius 2 is 1.95 bits per heavy atom. The average molecular weight is 276 g/mol. The number of halogens is 1. The van der Waals surface area contributed by atoms with E-state index in [4.69, 9.17) is 11.6 Å². The zero-order valence-corrected chi connectivity index (χ0v) is 12.0. The van der Waals surface area contributed by atoms with Gasteiger partial charge in [-0.2, -0.15) is 0 Å². The third kappa shape index (κ3) is 3.86. The monoisotopic (exact) mass is 275 g/mol. The van der Waals surface area contributed by atoms with Gasteiger partial charge < -0.3 is 10.6 Å². The summed E-state index contributed by atoms with van der Waals surface area (Å²) in [6.45, 7) is 5.08. The fourth-order valence-corrected chi connectivity index (χ4v) is 1.89. The first-order valence-electron chi connectivity index (χ1n) is 6.43. The minimum absolute atomic E-state index is 0.694.